The normalized spacial score (nSPS) is 32.7. The summed E-state index contributed by atoms with van der Waals surface area (Å²) in [6.07, 6.45) is 7.21. The Kier molecular flexibility index (Phi) is 4.28. The van der Waals surface area contributed by atoms with Crippen LogP contribution in [0.5, 0.6) is 0 Å². The van der Waals surface area contributed by atoms with Crippen LogP contribution in [0.25, 0.3) is 0 Å². The average Bonchev–Trinajstić information content (AvgIpc) is 3.21. The smallest absolute Gasteiger partial charge is 0.312 e. The first-order valence-electron chi connectivity index (χ1n) is 11.7. The molecule has 31 heavy (non-hydrogen) atoms. The van der Waals surface area contributed by atoms with E-state index in [2.05, 4.69) is 36.4 Å². The van der Waals surface area contributed by atoms with Gasteiger partial charge >= 0.3 is 5.97 Å². The molecule has 2 aromatic carbocycles. The van der Waals surface area contributed by atoms with Crippen molar-refractivity contribution in [3.05, 3.63) is 65.7 Å². The number of nitrogens with zero attached hydrogens (tertiary/aromatic N) is 1. The number of rotatable bonds is 4. The Bertz CT molecular complexity index is 1020. The van der Waals surface area contributed by atoms with Gasteiger partial charge in [0.2, 0.25) is 0 Å². The van der Waals surface area contributed by atoms with Gasteiger partial charge in [-0.2, -0.15) is 0 Å². The van der Waals surface area contributed by atoms with Crippen molar-refractivity contribution in [1.29, 1.82) is 0 Å². The monoisotopic (exact) mass is 415 g/mol. The van der Waals surface area contributed by atoms with E-state index in [0.717, 1.165) is 31.4 Å². The molecule has 1 amide bonds. The summed E-state index contributed by atoms with van der Waals surface area (Å²) in [5.41, 5.74) is 3.21. The predicted octanol–water partition coefficient (Wildman–Crippen LogP) is 4.66. The van der Waals surface area contributed by atoms with E-state index < -0.39 is 5.41 Å². The summed E-state index contributed by atoms with van der Waals surface area (Å²) in [6.45, 7) is 0.519. The van der Waals surface area contributed by atoms with Crippen molar-refractivity contribution in [2.45, 2.75) is 50.4 Å². The van der Waals surface area contributed by atoms with Crippen molar-refractivity contribution in [3.8, 4) is 0 Å². The molecule has 4 fully saturated rings. The fourth-order valence-corrected chi connectivity index (χ4v) is 7.59. The number of hydrogen-bond acceptors (Lipinski definition) is 3. The van der Waals surface area contributed by atoms with Gasteiger partial charge in [-0.25, -0.2) is 0 Å². The Balaban J connectivity index is 1.19. The molecule has 0 spiro atoms. The Morgan fingerprint density at radius 2 is 1.65 bits per heavy atom. The quantitative estimate of drug-likeness (QED) is 0.683. The molecule has 1 heterocycles. The Hall–Kier alpha value is -2.62. The van der Waals surface area contributed by atoms with E-state index in [4.69, 9.17) is 4.74 Å². The first-order chi connectivity index (χ1) is 15.1. The maximum atomic E-state index is 13.4. The summed E-state index contributed by atoms with van der Waals surface area (Å²) < 4.78 is 5.77. The van der Waals surface area contributed by atoms with Crippen LogP contribution in [-0.4, -0.2) is 25.0 Å². The zero-order valence-corrected chi connectivity index (χ0v) is 17.9. The van der Waals surface area contributed by atoms with Gasteiger partial charge in [0, 0.05) is 12.2 Å². The van der Waals surface area contributed by atoms with Crippen molar-refractivity contribution in [3.63, 3.8) is 0 Å². The van der Waals surface area contributed by atoms with Crippen LogP contribution in [-0.2, 0) is 26.2 Å². The van der Waals surface area contributed by atoms with Gasteiger partial charge in [-0.15, -0.1) is 0 Å². The van der Waals surface area contributed by atoms with Crippen molar-refractivity contribution in [2.24, 2.45) is 17.3 Å². The number of para-hydroxylation sites is 1. The van der Waals surface area contributed by atoms with Gasteiger partial charge in [-0.1, -0.05) is 48.5 Å². The number of hydrogen-bond donors (Lipinski definition) is 0. The molecular formula is C27H29NO3. The van der Waals surface area contributed by atoms with Crippen LogP contribution in [0.15, 0.2) is 54.6 Å². The highest BCUT2D eigenvalue weighted by atomic mass is 16.5. The summed E-state index contributed by atoms with van der Waals surface area (Å²) in [4.78, 5) is 28.1. The lowest BCUT2D eigenvalue weighted by molar-refractivity contribution is -0.175. The molecule has 7 rings (SSSR count). The summed E-state index contributed by atoms with van der Waals surface area (Å²) in [7, 11) is 0. The van der Waals surface area contributed by atoms with E-state index in [1.807, 2.05) is 18.2 Å². The van der Waals surface area contributed by atoms with Crippen LogP contribution in [0.4, 0.5) is 5.69 Å². The Morgan fingerprint density at radius 3 is 2.42 bits per heavy atom. The molecule has 2 aromatic rings. The van der Waals surface area contributed by atoms with Crippen molar-refractivity contribution in [2.75, 3.05) is 18.1 Å². The molecule has 5 aliphatic rings. The van der Waals surface area contributed by atoms with Crippen LogP contribution in [0.1, 0.15) is 49.7 Å². The first-order valence-corrected chi connectivity index (χ1v) is 11.7. The molecule has 4 bridgehead atoms. The van der Waals surface area contributed by atoms with Crippen LogP contribution >= 0.6 is 0 Å². The van der Waals surface area contributed by atoms with Gasteiger partial charge in [0.1, 0.15) is 0 Å². The molecule has 2 unspecified atom stereocenters. The molecule has 160 valence electrons. The number of benzene rings is 2. The van der Waals surface area contributed by atoms with E-state index >= 15 is 0 Å². The minimum absolute atomic E-state index is 0.0995. The van der Waals surface area contributed by atoms with Crippen molar-refractivity contribution >= 4 is 17.6 Å². The van der Waals surface area contributed by atoms with Crippen molar-refractivity contribution < 1.29 is 14.3 Å². The first kappa shape index (κ1) is 19.1. The van der Waals surface area contributed by atoms with E-state index in [1.165, 1.54) is 30.4 Å². The zero-order chi connectivity index (χ0) is 21.1. The van der Waals surface area contributed by atoms with E-state index in [-0.39, 0.29) is 23.9 Å². The molecule has 0 radical (unpaired) electrons. The highest BCUT2D eigenvalue weighted by Crippen LogP contribution is 2.66. The maximum absolute atomic E-state index is 13.4. The third-order valence-electron chi connectivity index (χ3n) is 8.40. The molecule has 4 heteroatoms. The fraction of sp³-hybridized carbons (Fsp3) is 0.481. The van der Waals surface area contributed by atoms with Gasteiger partial charge < -0.3 is 9.64 Å². The second kappa shape index (κ2) is 6.94. The topological polar surface area (TPSA) is 46.6 Å². The molecule has 4 saturated carbocycles. The second-order valence-electron chi connectivity index (χ2n) is 10.4. The van der Waals surface area contributed by atoms with Crippen molar-refractivity contribution in [1.82, 2.24) is 0 Å². The second-order valence-corrected chi connectivity index (χ2v) is 10.4. The number of anilines is 1. The number of fused-ring (bicyclic) bond motifs is 1. The van der Waals surface area contributed by atoms with Gasteiger partial charge in [0.15, 0.2) is 6.61 Å². The lowest BCUT2D eigenvalue weighted by atomic mass is 9.43. The van der Waals surface area contributed by atoms with Gasteiger partial charge in [0.05, 0.1) is 5.41 Å². The van der Waals surface area contributed by atoms with Crippen LogP contribution in [0.3, 0.4) is 0 Å². The summed E-state index contributed by atoms with van der Waals surface area (Å²) in [6, 6.07) is 18.8. The van der Waals surface area contributed by atoms with E-state index in [0.29, 0.717) is 18.4 Å². The maximum Gasteiger partial charge on any atom is 0.312 e. The van der Waals surface area contributed by atoms with Gasteiger partial charge in [-0.3, -0.25) is 9.59 Å². The highest BCUT2D eigenvalue weighted by molar-refractivity contribution is 5.97. The molecule has 4 aliphatic carbocycles. The van der Waals surface area contributed by atoms with Crippen LogP contribution < -0.4 is 4.90 Å². The van der Waals surface area contributed by atoms with E-state index in [1.54, 1.807) is 4.90 Å². The summed E-state index contributed by atoms with van der Waals surface area (Å²) >= 11 is 0. The predicted molar refractivity (Wildman–Crippen MR) is 119 cm³/mol. The molecule has 0 N–H and O–H groups in total. The van der Waals surface area contributed by atoms with Crippen LogP contribution in [0, 0.1) is 17.3 Å². The fourth-order valence-electron chi connectivity index (χ4n) is 7.59. The molecule has 1 aliphatic heterocycles. The van der Waals surface area contributed by atoms with E-state index in [9.17, 15) is 9.59 Å². The third kappa shape index (κ3) is 3.02. The molecular weight excluding hydrogens is 386 g/mol. The molecule has 4 atom stereocenters. The third-order valence-corrected chi connectivity index (χ3v) is 8.40. The van der Waals surface area contributed by atoms with Gasteiger partial charge in [0.25, 0.3) is 5.91 Å². The highest BCUT2D eigenvalue weighted by Gasteiger charge is 2.61. The molecule has 0 aromatic heterocycles. The standard InChI is InChI=1S/C27H29NO3/c29-24(28-11-10-21-6-4-5-9-23(21)28)17-31-25(30)27-15-19-12-20(16-27)14-26(13-19,18-27)22-7-2-1-3-8-22/h1-9,19-20H,10-18H2/t19-,20+,26?,27?. The number of carbonyl (C=O) groups excluding carboxylic acids is 2. The number of carbonyl (C=O) groups is 2. The molecule has 0 saturated heterocycles. The number of esters is 1. The number of ether oxygens (including phenoxy) is 1. The van der Waals surface area contributed by atoms with Gasteiger partial charge in [-0.05, 0) is 79.4 Å². The SMILES string of the molecule is O=C(COC(=O)C12C[C@H]3C[C@@H](C1)CC(c1ccccc1)(C3)C2)N1CCc2ccccc21. The minimum atomic E-state index is -0.414. The van der Waals surface area contributed by atoms with Crippen LogP contribution in [0.2, 0.25) is 0 Å². The largest absolute Gasteiger partial charge is 0.455 e. The minimum Gasteiger partial charge on any atom is -0.455 e. The summed E-state index contributed by atoms with van der Waals surface area (Å²) in [5, 5.41) is 0. The lowest BCUT2D eigenvalue weighted by Crippen LogP contribution is -2.57. The average molecular weight is 416 g/mol. The summed E-state index contributed by atoms with van der Waals surface area (Å²) in [5.74, 6) is 0.939. The zero-order valence-electron chi connectivity index (χ0n) is 17.9. The lowest BCUT2D eigenvalue weighted by Gasteiger charge is -2.61. The number of amides is 1. The Labute approximate surface area is 183 Å². The molecule has 4 nitrogen and oxygen atoms in total. The Morgan fingerprint density at radius 1 is 0.935 bits per heavy atom.